The first kappa shape index (κ1) is 17.0. The topological polar surface area (TPSA) is 52.6 Å². The number of carbonyl (C=O) groups excluding carboxylic acids is 1. The Kier molecular flexibility index (Phi) is 7.27. The van der Waals surface area contributed by atoms with Gasteiger partial charge in [-0.2, -0.15) is 0 Å². The Bertz CT molecular complexity index is 552. The Morgan fingerprint density at radius 3 is 2.43 bits per heavy atom. The highest BCUT2D eigenvalue weighted by Crippen LogP contribution is 2.21. The van der Waals surface area contributed by atoms with Gasteiger partial charge in [-0.3, -0.25) is 4.79 Å². The van der Waals surface area contributed by atoms with Crippen molar-refractivity contribution in [2.75, 3.05) is 25.0 Å². The van der Waals surface area contributed by atoms with Gasteiger partial charge < -0.3 is 15.3 Å². The van der Waals surface area contributed by atoms with Gasteiger partial charge in [0.25, 0.3) is 5.24 Å². The molecule has 0 spiro atoms. The van der Waals surface area contributed by atoms with Crippen LogP contribution in [0.5, 0.6) is 0 Å². The average molecular weight is 304 g/mol. The molecule has 1 amide bonds. The van der Waals surface area contributed by atoms with Crippen molar-refractivity contribution in [1.82, 2.24) is 5.32 Å². The lowest BCUT2D eigenvalue weighted by Gasteiger charge is -2.20. The summed E-state index contributed by atoms with van der Waals surface area (Å²) in [4.78, 5) is 14.1. The number of benzene rings is 1. The number of amides is 1. The number of aliphatic hydroxyl groups excluding tert-OH is 1. The van der Waals surface area contributed by atoms with Crippen molar-refractivity contribution in [3.63, 3.8) is 0 Å². The van der Waals surface area contributed by atoms with E-state index in [-0.39, 0.29) is 5.24 Å². The van der Waals surface area contributed by atoms with Crippen LogP contribution >= 0.6 is 11.8 Å². The number of hydrogen-bond donors (Lipinski definition) is 2. The zero-order chi connectivity index (χ0) is 15.7. The van der Waals surface area contributed by atoms with Gasteiger partial charge in [-0.25, -0.2) is 0 Å². The molecule has 0 aliphatic carbocycles. The van der Waals surface area contributed by atoms with Crippen LogP contribution in [0.2, 0.25) is 0 Å². The monoisotopic (exact) mass is 304 g/mol. The number of anilines is 1. The summed E-state index contributed by atoms with van der Waals surface area (Å²) in [6.45, 7) is 6.15. The third-order valence-corrected chi connectivity index (χ3v) is 3.73. The van der Waals surface area contributed by atoms with E-state index in [9.17, 15) is 4.79 Å². The highest BCUT2D eigenvalue weighted by atomic mass is 32.2. The van der Waals surface area contributed by atoms with Crippen LogP contribution in [0, 0.1) is 12.0 Å². The molecule has 21 heavy (non-hydrogen) atoms. The fraction of sp³-hybridized carbons (Fsp3) is 0.312. The van der Waals surface area contributed by atoms with Crippen LogP contribution in [0.25, 0.3) is 6.08 Å². The number of aliphatic hydroxyl groups is 1. The zero-order valence-corrected chi connectivity index (χ0v) is 13.3. The Morgan fingerprint density at radius 2 is 1.95 bits per heavy atom. The zero-order valence-electron chi connectivity index (χ0n) is 12.5. The molecule has 0 saturated carbocycles. The van der Waals surface area contributed by atoms with Crippen LogP contribution in [0.15, 0.2) is 29.2 Å². The summed E-state index contributed by atoms with van der Waals surface area (Å²) in [5.74, 6) is 2.51. The fourth-order valence-corrected chi connectivity index (χ4v) is 2.41. The summed E-state index contributed by atoms with van der Waals surface area (Å²) in [5.41, 5.74) is 2.09. The van der Waals surface area contributed by atoms with E-state index in [4.69, 9.17) is 5.11 Å². The molecule has 0 heterocycles. The van der Waals surface area contributed by atoms with Crippen molar-refractivity contribution in [3.8, 4) is 12.0 Å². The molecule has 0 unspecified atom stereocenters. The number of nitrogens with zero attached hydrogens (tertiary/aromatic N) is 1. The van der Waals surface area contributed by atoms with Crippen molar-refractivity contribution in [2.24, 2.45) is 0 Å². The smallest absolute Gasteiger partial charge is 0.284 e. The minimum Gasteiger partial charge on any atom is -0.462 e. The van der Waals surface area contributed by atoms with Gasteiger partial charge in [-0.1, -0.05) is 12.1 Å². The molecule has 112 valence electrons. The van der Waals surface area contributed by atoms with Gasteiger partial charge in [0.05, 0.1) is 4.91 Å². The van der Waals surface area contributed by atoms with E-state index >= 15 is 0 Å². The van der Waals surface area contributed by atoms with Gasteiger partial charge in [-0.05, 0) is 55.3 Å². The largest absolute Gasteiger partial charge is 0.462 e. The lowest BCUT2D eigenvalue weighted by atomic mass is 10.2. The third-order valence-electron chi connectivity index (χ3n) is 2.91. The predicted molar refractivity (Wildman–Crippen MR) is 89.7 cm³/mol. The van der Waals surface area contributed by atoms with E-state index in [1.807, 2.05) is 30.4 Å². The molecule has 1 aromatic carbocycles. The number of carbonyl (C=O) groups is 1. The van der Waals surface area contributed by atoms with Gasteiger partial charge in [0.15, 0.2) is 0 Å². The van der Waals surface area contributed by atoms with Gasteiger partial charge in [-0.15, -0.1) is 0 Å². The lowest BCUT2D eigenvalue weighted by Crippen LogP contribution is -2.21. The molecule has 0 bridgehead atoms. The quantitative estimate of drug-likeness (QED) is 0.820. The molecular weight excluding hydrogens is 284 g/mol. The molecule has 0 aliphatic heterocycles. The molecule has 0 saturated heterocycles. The molecular formula is C16H20N2O2S. The molecule has 0 fully saturated rings. The summed E-state index contributed by atoms with van der Waals surface area (Å²) in [6, 6.07) is 8.01. The minimum absolute atomic E-state index is 0.219. The second-order valence-electron chi connectivity index (χ2n) is 4.15. The molecule has 0 radical (unpaired) electrons. The van der Waals surface area contributed by atoms with Crippen molar-refractivity contribution in [2.45, 2.75) is 13.8 Å². The van der Waals surface area contributed by atoms with E-state index in [0.717, 1.165) is 36.1 Å². The molecule has 1 rings (SSSR count). The first-order chi connectivity index (χ1) is 10.1. The third kappa shape index (κ3) is 5.44. The van der Waals surface area contributed by atoms with Gasteiger partial charge in [0.2, 0.25) is 0 Å². The maximum absolute atomic E-state index is 11.4. The Hall–Kier alpha value is -2.06. The standard InChI is InChI=1S/C16H20N2O2S/c1-4-18(5-2)14-8-6-13(7-9-14)12-15(10-11-19)21-16(20)17-3/h6-9,12,19H,4-5H2,1-3H3,(H,17,20)/b15-12-. The molecule has 4 nitrogen and oxygen atoms in total. The van der Waals surface area contributed by atoms with Crippen LogP contribution in [0.1, 0.15) is 19.4 Å². The van der Waals surface area contributed by atoms with E-state index < -0.39 is 0 Å². The first-order valence-electron chi connectivity index (χ1n) is 6.75. The summed E-state index contributed by atoms with van der Waals surface area (Å²) in [6.07, 6.45) is 3.61. The van der Waals surface area contributed by atoms with Crippen LogP contribution in [-0.4, -0.2) is 30.5 Å². The van der Waals surface area contributed by atoms with E-state index in [2.05, 4.69) is 30.0 Å². The van der Waals surface area contributed by atoms with Crippen molar-refractivity contribution in [1.29, 1.82) is 0 Å². The molecule has 0 aromatic heterocycles. The molecule has 5 heteroatoms. The number of hydrogen-bond acceptors (Lipinski definition) is 4. The van der Waals surface area contributed by atoms with Crippen molar-refractivity contribution in [3.05, 3.63) is 34.7 Å². The Labute approximate surface area is 130 Å². The average Bonchev–Trinajstić information content (AvgIpc) is 2.50. The Morgan fingerprint density at radius 1 is 1.33 bits per heavy atom. The van der Waals surface area contributed by atoms with E-state index in [1.165, 1.54) is 0 Å². The van der Waals surface area contributed by atoms with Crippen molar-refractivity contribution >= 4 is 28.8 Å². The highest BCUT2D eigenvalue weighted by molar-refractivity contribution is 8.17. The van der Waals surface area contributed by atoms with Crippen molar-refractivity contribution < 1.29 is 9.90 Å². The lowest BCUT2D eigenvalue weighted by molar-refractivity contribution is 0.262. The number of nitrogens with one attached hydrogen (secondary N) is 1. The number of rotatable bonds is 5. The second kappa shape index (κ2) is 8.98. The summed E-state index contributed by atoms with van der Waals surface area (Å²) in [5, 5.41) is 11.0. The van der Waals surface area contributed by atoms with E-state index in [1.54, 1.807) is 13.1 Å². The van der Waals surface area contributed by atoms with Crippen LogP contribution in [0.3, 0.4) is 0 Å². The van der Waals surface area contributed by atoms with Gasteiger partial charge >= 0.3 is 0 Å². The highest BCUT2D eigenvalue weighted by Gasteiger charge is 2.04. The van der Waals surface area contributed by atoms with Crippen LogP contribution in [-0.2, 0) is 0 Å². The fourth-order valence-electron chi connectivity index (χ4n) is 1.82. The van der Waals surface area contributed by atoms with Crippen LogP contribution < -0.4 is 10.2 Å². The summed E-state index contributed by atoms with van der Waals surface area (Å²) in [7, 11) is 1.55. The maximum atomic E-state index is 11.4. The Balaban J connectivity index is 2.94. The second-order valence-corrected chi connectivity index (χ2v) is 5.16. The molecule has 2 N–H and O–H groups in total. The number of thioether (sulfide) groups is 1. The predicted octanol–water partition coefficient (Wildman–Crippen LogP) is 3.28. The summed E-state index contributed by atoms with van der Waals surface area (Å²) < 4.78 is 0. The van der Waals surface area contributed by atoms with E-state index in [0.29, 0.717) is 4.91 Å². The molecule has 0 atom stereocenters. The normalized spacial score (nSPS) is 10.5. The van der Waals surface area contributed by atoms with Crippen LogP contribution in [0.4, 0.5) is 10.5 Å². The molecule has 0 aliphatic rings. The minimum atomic E-state index is -0.219. The SMILES string of the molecule is CCN(CC)c1ccc(/C=C(/C#CO)SC(=O)NC)cc1. The first-order valence-corrected chi connectivity index (χ1v) is 7.57. The van der Waals surface area contributed by atoms with Gasteiger partial charge in [0.1, 0.15) is 6.11 Å². The summed E-state index contributed by atoms with van der Waals surface area (Å²) >= 11 is 0.951. The maximum Gasteiger partial charge on any atom is 0.284 e. The van der Waals surface area contributed by atoms with Gasteiger partial charge in [0, 0.05) is 25.8 Å². The number of allylic oxidation sites excluding steroid dienone is 1. The molecule has 1 aromatic rings.